The highest BCUT2D eigenvalue weighted by Crippen LogP contribution is 2.21. The van der Waals surface area contributed by atoms with E-state index in [2.05, 4.69) is 21.5 Å². The average Bonchev–Trinajstić information content (AvgIpc) is 2.97. The molecule has 0 bridgehead atoms. The fourth-order valence-corrected chi connectivity index (χ4v) is 2.03. The van der Waals surface area contributed by atoms with Gasteiger partial charge < -0.3 is 9.84 Å². The fourth-order valence-electron chi connectivity index (χ4n) is 2.03. The fraction of sp³-hybridized carbons (Fsp3) is 0.333. The van der Waals surface area contributed by atoms with E-state index in [1.165, 1.54) is 24.1 Å². The van der Waals surface area contributed by atoms with E-state index in [9.17, 15) is 0 Å². The maximum atomic E-state index is 5.01. The highest BCUT2D eigenvalue weighted by atomic mass is 16.5. The van der Waals surface area contributed by atoms with Crippen LogP contribution in [0.15, 0.2) is 28.9 Å². The minimum absolute atomic E-state index is 0.631. The van der Waals surface area contributed by atoms with Crippen molar-refractivity contribution in [3.63, 3.8) is 0 Å². The lowest BCUT2D eigenvalue weighted by atomic mass is 10.2. The molecule has 0 atom stereocenters. The Hall–Kier alpha value is -1.84. The molecule has 1 N–H and O–H groups in total. The van der Waals surface area contributed by atoms with Crippen molar-refractivity contribution >= 4 is 5.82 Å². The van der Waals surface area contributed by atoms with Gasteiger partial charge in [0.25, 0.3) is 0 Å². The maximum absolute atomic E-state index is 5.01. The minimum Gasteiger partial charge on any atom is -0.363 e. The first kappa shape index (κ1) is 9.39. The number of hydrogen-bond donors (Lipinski definition) is 1. The lowest BCUT2D eigenvalue weighted by molar-refractivity contribution is 0.388. The zero-order valence-electron chi connectivity index (χ0n) is 8.94. The van der Waals surface area contributed by atoms with Crippen LogP contribution < -0.4 is 5.32 Å². The summed E-state index contributed by atoms with van der Waals surface area (Å²) in [6.45, 7) is 0.631. The molecule has 0 aromatic carbocycles. The van der Waals surface area contributed by atoms with Gasteiger partial charge in [0.1, 0.15) is 5.82 Å². The highest BCUT2D eigenvalue weighted by molar-refractivity contribution is 5.40. The van der Waals surface area contributed by atoms with E-state index < -0.39 is 0 Å². The van der Waals surface area contributed by atoms with Crippen LogP contribution in [-0.2, 0) is 19.4 Å². The Morgan fingerprint density at radius 3 is 3.12 bits per heavy atom. The molecule has 0 radical (unpaired) electrons. The molecule has 4 heteroatoms. The maximum Gasteiger partial charge on any atom is 0.155 e. The van der Waals surface area contributed by atoms with Crippen molar-refractivity contribution in [3.8, 4) is 0 Å². The Morgan fingerprint density at radius 1 is 1.25 bits per heavy atom. The smallest absolute Gasteiger partial charge is 0.155 e. The van der Waals surface area contributed by atoms with Crippen molar-refractivity contribution in [2.24, 2.45) is 0 Å². The molecular weight excluding hydrogens is 202 g/mol. The summed E-state index contributed by atoms with van der Waals surface area (Å²) in [5, 5.41) is 6.89. The van der Waals surface area contributed by atoms with E-state index in [1.807, 2.05) is 12.1 Å². The third kappa shape index (κ3) is 1.78. The molecule has 0 saturated heterocycles. The second-order valence-corrected chi connectivity index (χ2v) is 3.99. The number of nitrogens with one attached hydrogen (secondary N) is 1. The van der Waals surface area contributed by atoms with Gasteiger partial charge in [0, 0.05) is 11.8 Å². The predicted octanol–water partition coefficient (Wildman–Crippen LogP) is 2.17. The average molecular weight is 215 g/mol. The summed E-state index contributed by atoms with van der Waals surface area (Å²) in [7, 11) is 0. The van der Waals surface area contributed by atoms with Gasteiger partial charge in [-0.05, 0) is 30.9 Å². The molecule has 0 saturated carbocycles. The third-order valence-electron chi connectivity index (χ3n) is 2.86. The molecule has 0 amide bonds. The lowest BCUT2D eigenvalue weighted by Crippen LogP contribution is -2.02. The van der Waals surface area contributed by atoms with Crippen molar-refractivity contribution in [2.45, 2.75) is 25.8 Å². The van der Waals surface area contributed by atoms with Crippen molar-refractivity contribution in [1.82, 2.24) is 10.1 Å². The topological polar surface area (TPSA) is 51.0 Å². The number of rotatable bonds is 3. The highest BCUT2D eigenvalue weighted by Gasteiger charge is 2.12. The van der Waals surface area contributed by atoms with Crippen molar-refractivity contribution in [1.29, 1.82) is 0 Å². The Kier molecular flexibility index (Phi) is 2.33. The molecule has 2 heterocycles. The van der Waals surface area contributed by atoms with Gasteiger partial charge in [-0.1, -0.05) is 11.2 Å². The summed E-state index contributed by atoms with van der Waals surface area (Å²) in [5.74, 6) is 1.74. The first-order valence-corrected chi connectivity index (χ1v) is 5.54. The molecule has 0 fully saturated rings. The largest absolute Gasteiger partial charge is 0.363 e. The SMILES string of the molecule is c1cc(CNc2ccc3c(n2)CCC3)on1. The standard InChI is InChI=1S/C12H13N3O/c1-2-9-4-5-12(15-11(9)3-1)13-8-10-6-7-14-16-10/h4-7H,1-3,8H2,(H,13,15). The Morgan fingerprint density at radius 2 is 2.25 bits per heavy atom. The first-order valence-electron chi connectivity index (χ1n) is 5.54. The van der Waals surface area contributed by atoms with Crippen LogP contribution in [-0.4, -0.2) is 10.1 Å². The first-order chi connectivity index (χ1) is 7.92. The molecule has 2 aromatic rings. The number of aromatic nitrogens is 2. The third-order valence-corrected chi connectivity index (χ3v) is 2.86. The molecule has 16 heavy (non-hydrogen) atoms. The van der Waals surface area contributed by atoms with Crippen LogP contribution >= 0.6 is 0 Å². The van der Waals surface area contributed by atoms with Crippen LogP contribution in [0.1, 0.15) is 23.4 Å². The van der Waals surface area contributed by atoms with Crippen molar-refractivity contribution in [3.05, 3.63) is 41.4 Å². The van der Waals surface area contributed by atoms with E-state index in [0.29, 0.717) is 6.54 Å². The lowest BCUT2D eigenvalue weighted by Gasteiger charge is -2.05. The second-order valence-electron chi connectivity index (χ2n) is 3.99. The van der Waals surface area contributed by atoms with Gasteiger partial charge in [-0.15, -0.1) is 0 Å². The van der Waals surface area contributed by atoms with Crippen LogP contribution in [0.4, 0.5) is 5.82 Å². The van der Waals surface area contributed by atoms with Gasteiger partial charge >= 0.3 is 0 Å². The summed E-state index contributed by atoms with van der Waals surface area (Å²) in [5.41, 5.74) is 2.63. The number of aryl methyl sites for hydroxylation is 2. The minimum atomic E-state index is 0.631. The Bertz CT molecular complexity index is 479. The van der Waals surface area contributed by atoms with E-state index >= 15 is 0 Å². The summed E-state index contributed by atoms with van der Waals surface area (Å²) in [4.78, 5) is 4.58. The molecule has 0 spiro atoms. The van der Waals surface area contributed by atoms with E-state index in [-0.39, 0.29) is 0 Å². The van der Waals surface area contributed by atoms with E-state index in [1.54, 1.807) is 6.20 Å². The van der Waals surface area contributed by atoms with Crippen LogP contribution in [0.3, 0.4) is 0 Å². The van der Waals surface area contributed by atoms with Crippen molar-refractivity contribution < 1.29 is 4.52 Å². The number of nitrogens with zero attached hydrogens (tertiary/aromatic N) is 2. The molecule has 2 aromatic heterocycles. The van der Waals surface area contributed by atoms with Gasteiger partial charge in [-0.2, -0.15) is 0 Å². The summed E-state index contributed by atoms with van der Waals surface area (Å²) in [6.07, 6.45) is 5.15. The Labute approximate surface area is 93.7 Å². The van der Waals surface area contributed by atoms with Crippen LogP contribution in [0.2, 0.25) is 0 Å². The van der Waals surface area contributed by atoms with Crippen LogP contribution in [0.25, 0.3) is 0 Å². The van der Waals surface area contributed by atoms with Gasteiger partial charge in [0.05, 0.1) is 12.7 Å². The zero-order chi connectivity index (χ0) is 10.8. The second kappa shape index (κ2) is 3.96. The molecule has 0 unspecified atom stereocenters. The summed E-state index contributed by atoms with van der Waals surface area (Å²) in [6, 6.07) is 6.04. The number of hydrogen-bond acceptors (Lipinski definition) is 4. The number of anilines is 1. The van der Waals surface area contributed by atoms with Gasteiger partial charge in [0.15, 0.2) is 5.76 Å². The molecule has 1 aliphatic carbocycles. The van der Waals surface area contributed by atoms with E-state index in [4.69, 9.17) is 4.52 Å². The van der Waals surface area contributed by atoms with Gasteiger partial charge in [0.2, 0.25) is 0 Å². The predicted molar refractivity (Wildman–Crippen MR) is 60.1 cm³/mol. The van der Waals surface area contributed by atoms with E-state index in [0.717, 1.165) is 18.0 Å². The Balaban J connectivity index is 1.71. The normalized spacial score (nSPS) is 13.8. The molecule has 3 rings (SSSR count). The number of fused-ring (bicyclic) bond motifs is 1. The molecule has 82 valence electrons. The molecule has 1 aliphatic rings. The molecule has 0 aliphatic heterocycles. The quantitative estimate of drug-likeness (QED) is 0.852. The molecular formula is C12H13N3O. The van der Waals surface area contributed by atoms with Gasteiger partial charge in [-0.25, -0.2) is 4.98 Å². The van der Waals surface area contributed by atoms with Crippen LogP contribution in [0, 0.1) is 0 Å². The monoisotopic (exact) mass is 215 g/mol. The van der Waals surface area contributed by atoms with Crippen molar-refractivity contribution in [2.75, 3.05) is 5.32 Å². The summed E-state index contributed by atoms with van der Waals surface area (Å²) < 4.78 is 5.01. The van der Waals surface area contributed by atoms with Gasteiger partial charge in [-0.3, -0.25) is 0 Å². The summed E-state index contributed by atoms with van der Waals surface area (Å²) >= 11 is 0. The number of pyridine rings is 1. The molecule has 4 nitrogen and oxygen atoms in total. The van der Waals surface area contributed by atoms with Crippen LogP contribution in [0.5, 0.6) is 0 Å². The zero-order valence-corrected chi connectivity index (χ0v) is 8.94.